The van der Waals surface area contributed by atoms with E-state index in [0.717, 1.165) is 6.07 Å². The zero-order valence-corrected chi connectivity index (χ0v) is 25.7. The van der Waals surface area contributed by atoms with Gasteiger partial charge in [0.15, 0.2) is 8.32 Å². The SMILES string of the molecule is Cc1cc(-n2ccc(-c3nccs3)n2)c(CCO[Si](C)(C)C(C)(C)C)c(Nc2ccc(C(F)(F)F)cc2C(F)(F)F)n1. The number of alkyl halides is 6. The van der Waals surface area contributed by atoms with Gasteiger partial charge < -0.3 is 9.74 Å². The molecule has 42 heavy (non-hydrogen) atoms. The number of pyridine rings is 1. The number of halogens is 6. The van der Waals surface area contributed by atoms with Crippen molar-refractivity contribution in [1.29, 1.82) is 0 Å². The molecule has 4 aromatic rings. The minimum Gasteiger partial charge on any atom is -0.416 e. The largest absolute Gasteiger partial charge is 0.418 e. The predicted molar refractivity (Wildman–Crippen MR) is 154 cm³/mol. The summed E-state index contributed by atoms with van der Waals surface area (Å²) in [6, 6.07) is 5.02. The van der Waals surface area contributed by atoms with Gasteiger partial charge in [0.05, 0.1) is 22.5 Å². The molecule has 0 atom stereocenters. The Morgan fingerprint density at radius 2 is 1.71 bits per heavy atom. The van der Waals surface area contributed by atoms with E-state index in [-0.39, 0.29) is 30.0 Å². The summed E-state index contributed by atoms with van der Waals surface area (Å²) in [5.74, 6) is 0.0698. The Hall–Kier alpha value is -3.23. The van der Waals surface area contributed by atoms with Crippen LogP contribution in [0.1, 0.15) is 43.2 Å². The maximum absolute atomic E-state index is 14.0. The van der Waals surface area contributed by atoms with Crippen LogP contribution in [0.2, 0.25) is 18.1 Å². The molecule has 0 saturated carbocycles. The first kappa shape index (κ1) is 31.7. The molecule has 3 heterocycles. The van der Waals surface area contributed by atoms with Crippen molar-refractivity contribution >= 4 is 31.2 Å². The van der Waals surface area contributed by atoms with E-state index >= 15 is 0 Å². The number of aromatic nitrogens is 4. The molecule has 1 aromatic carbocycles. The molecule has 0 radical (unpaired) electrons. The molecular weight excluding hydrogens is 596 g/mol. The van der Waals surface area contributed by atoms with Gasteiger partial charge in [-0.05, 0) is 55.4 Å². The third-order valence-corrected chi connectivity index (χ3v) is 12.6. The molecule has 4 rings (SSSR count). The normalized spacial score (nSPS) is 13.0. The Kier molecular flexibility index (Phi) is 8.64. The van der Waals surface area contributed by atoms with Crippen LogP contribution in [-0.2, 0) is 23.2 Å². The highest BCUT2D eigenvalue weighted by atomic mass is 32.1. The lowest BCUT2D eigenvalue weighted by Crippen LogP contribution is -2.41. The summed E-state index contributed by atoms with van der Waals surface area (Å²) in [4.78, 5) is 8.75. The highest BCUT2D eigenvalue weighted by Gasteiger charge is 2.39. The van der Waals surface area contributed by atoms with Gasteiger partial charge in [-0.2, -0.15) is 31.4 Å². The Morgan fingerprint density at radius 3 is 2.31 bits per heavy atom. The topological polar surface area (TPSA) is 64.9 Å². The third-order valence-electron chi connectivity index (χ3n) is 7.24. The van der Waals surface area contributed by atoms with Gasteiger partial charge in [-0.25, -0.2) is 14.6 Å². The smallest absolute Gasteiger partial charge is 0.416 e. The Morgan fingerprint density at radius 1 is 1.00 bits per heavy atom. The molecular formula is C28H31F6N5OSSi. The van der Waals surface area contributed by atoms with Crippen LogP contribution in [0.15, 0.2) is 48.1 Å². The summed E-state index contributed by atoms with van der Waals surface area (Å²) < 4.78 is 89.7. The highest BCUT2D eigenvalue weighted by molar-refractivity contribution is 7.13. The zero-order chi connectivity index (χ0) is 31.1. The van der Waals surface area contributed by atoms with E-state index in [4.69, 9.17) is 4.43 Å². The van der Waals surface area contributed by atoms with Crippen molar-refractivity contribution in [3.63, 3.8) is 0 Å². The number of aryl methyl sites for hydroxylation is 1. The van der Waals surface area contributed by atoms with Crippen LogP contribution >= 0.6 is 11.3 Å². The fourth-order valence-electron chi connectivity index (χ4n) is 3.98. The lowest BCUT2D eigenvalue weighted by molar-refractivity contribution is -0.142. The van der Waals surface area contributed by atoms with Crippen LogP contribution in [0.3, 0.4) is 0 Å². The average molecular weight is 628 g/mol. The minimum atomic E-state index is -5.05. The summed E-state index contributed by atoms with van der Waals surface area (Å²) in [5.41, 5.74) is -1.26. The fourth-order valence-corrected chi connectivity index (χ4v) is 5.62. The molecule has 0 aliphatic rings. The monoisotopic (exact) mass is 627 g/mol. The van der Waals surface area contributed by atoms with E-state index in [1.165, 1.54) is 11.3 Å². The molecule has 0 aliphatic heterocycles. The second-order valence-corrected chi connectivity index (χ2v) is 17.0. The van der Waals surface area contributed by atoms with Gasteiger partial charge >= 0.3 is 12.4 Å². The second-order valence-electron chi connectivity index (χ2n) is 11.3. The minimum absolute atomic E-state index is 0.0698. The number of benzene rings is 1. The van der Waals surface area contributed by atoms with Crippen molar-refractivity contribution in [3.05, 3.63) is 70.5 Å². The molecule has 14 heteroatoms. The number of hydrogen-bond acceptors (Lipinski definition) is 6. The Bertz CT molecular complexity index is 1540. The second kappa shape index (κ2) is 11.5. The van der Waals surface area contributed by atoms with Crippen molar-refractivity contribution in [2.75, 3.05) is 11.9 Å². The molecule has 6 nitrogen and oxygen atoms in total. The standard InChI is InChI=1S/C28H31F6N5OSSi/c1-17-15-23(39-12-9-22(38-39)25-35-11-14-41-25)19(10-13-40-42(5,6)26(2,3)4)24(36-17)37-21-8-7-18(27(29,30)31)16-20(21)28(32,33)34/h7-9,11-12,14-16H,10,13H2,1-6H3,(H,36,37). The summed E-state index contributed by atoms with van der Waals surface area (Å²) in [6.07, 6.45) is -6.36. The Balaban J connectivity index is 1.81. The van der Waals surface area contributed by atoms with Crippen LogP contribution in [0.25, 0.3) is 16.4 Å². The van der Waals surface area contributed by atoms with E-state index in [2.05, 4.69) is 54.2 Å². The molecule has 0 unspecified atom stereocenters. The van der Waals surface area contributed by atoms with Gasteiger partial charge in [0, 0.05) is 42.1 Å². The first-order valence-electron chi connectivity index (χ1n) is 13.0. The number of thiazole rings is 1. The molecule has 3 aromatic heterocycles. The maximum atomic E-state index is 14.0. The number of hydrogen-bond donors (Lipinski definition) is 1. The number of rotatable bonds is 8. The van der Waals surface area contributed by atoms with Gasteiger partial charge in [0.25, 0.3) is 0 Å². The number of nitrogens with one attached hydrogen (secondary N) is 1. The van der Waals surface area contributed by atoms with Gasteiger partial charge in [-0.3, -0.25) is 0 Å². The first-order valence-corrected chi connectivity index (χ1v) is 16.8. The average Bonchev–Trinajstić information content (AvgIpc) is 3.55. The van der Waals surface area contributed by atoms with E-state index in [1.807, 2.05) is 5.38 Å². The fraction of sp³-hybridized carbons (Fsp3) is 0.393. The van der Waals surface area contributed by atoms with Crippen molar-refractivity contribution < 1.29 is 30.8 Å². The lowest BCUT2D eigenvalue weighted by Gasteiger charge is -2.36. The molecule has 0 amide bonds. The van der Waals surface area contributed by atoms with Crippen LogP contribution in [-0.4, -0.2) is 34.7 Å². The number of anilines is 2. The zero-order valence-electron chi connectivity index (χ0n) is 23.9. The molecule has 0 bridgehead atoms. The van der Waals surface area contributed by atoms with Crippen LogP contribution in [0.5, 0.6) is 0 Å². The van der Waals surface area contributed by atoms with E-state index in [1.54, 1.807) is 36.1 Å². The van der Waals surface area contributed by atoms with Crippen LogP contribution in [0.4, 0.5) is 37.8 Å². The van der Waals surface area contributed by atoms with Crippen molar-refractivity contribution in [3.8, 4) is 16.4 Å². The first-order chi connectivity index (χ1) is 19.4. The summed E-state index contributed by atoms with van der Waals surface area (Å²) in [5, 5.41) is 9.77. The quantitative estimate of drug-likeness (QED) is 0.156. The number of nitrogens with zero attached hydrogens (tertiary/aromatic N) is 4. The summed E-state index contributed by atoms with van der Waals surface area (Å²) in [7, 11) is -2.17. The third kappa shape index (κ3) is 7.04. The maximum Gasteiger partial charge on any atom is 0.418 e. The predicted octanol–water partition coefficient (Wildman–Crippen LogP) is 9.04. The highest BCUT2D eigenvalue weighted by Crippen LogP contribution is 2.41. The van der Waals surface area contributed by atoms with Gasteiger partial charge in [0.2, 0.25) is 0 Å². The molecule has 0 fully saturated rings. The Labute approximate surface area is 244 Å². The summed E-state index contributed by atoms with van der Waals surface area (Å²) in [6.45, 7) is 12.4. The summed E-state index contributed by atoms with van der Waals surface area (Å²) >= 11 is 1.41. The van der Waals surface area contributed by atoms with Gasteiger partial charge in [-0.1, -0.05) is 20.8 Å². The molecule has 226 valence electrons. The van der Waals surface area contributed by atoms with Gasteiger partial charge in [0.1, 0.15) is 16.5 Å². The van der Waals surface area contributed by atoms with Crippen LogP contribution in [0, 0.1) is 6.92 Å². The van der Waals surface area contributed by atoms with Crippen LogP contribution < -0.4 is 5.32 Å². The van der Waals surface area contributed by atoms with E-state index in [0.29, 0.717) is 33.7 Å². The van der Waals surface area contributed by atoms with Gasteiger partial charge in [-0.15, -0.1) is 11.3 Å². The van der Waals surface area contributed by atoms with Crippen molar-refractivity contribution in [2.45, 2.75) is 64.6 Å². The molecule has 1 N–H and O–H groups in total. The molecule has 0 spiro atoms. The molecule has 0 aliphatic carbocycles. The van der Waals surface area contributed by atoms with E-state index in [9.17, 15) is 26.3 Å². The lowest BCUT2D eigenvalue weighted by atomic mass is 10.1. The molecule has 0 saturated heterocycles. The van der Waals surface area contributed by atoms with Crippen molar-refractivity contribution in [2.24, 2.45) is 0 Å². The van der Waals surface area contributed by atoms with E-state index < -0.39 is 37.5 Å². The van der Waals surface area contributed by atoms with Crippen molar-refractivity contribution in [1.82, 2.24) is 19.7 Å².